The van der Waals surface area contributed by atoms with Gasteiger partial charge in [0.2, 0.25) is 11.9 Å². The van der Waals surface area contributed by atoms with Crippen LogP contribution < -0.4 is 4.74 Å². The molecule has 0 fully saturated rings. The van der Waals surface area contributed by atoms with Gasteiger partial charge in [-0.15, -0.1) is 0 Å². The highest BCUT2D eigenvalue weighted by molar-refractivity contribution is 5.62. The van der Waals surface area contributed by atoms with Crippen LogP contribution in [0.3, 0.4) is 0 Å². The van der Waals surface area contributed by atoms with Gasteiger partial charge in [0.1, 0.15) is 0 Å². The van der Waals surface area contributed by atoms with Crippen molar-refractivity contribution < 1.29 is 14.1 Å². The number of rotatable bonds is 3. The summed E-state index contributed by atoms with van der Waals surface area (Å²) in [6, 6.07) is 6.82. The van der Waals surface area contributed by atoms with Gasteiger partial charge in [-0.2, -0.15) is 9.98 Å². The highest BCUT2D eigenvalue weighted by atomic mass is 16.6. The second-order valence-corrected chi connectivity index (χ2v) is 2.84. The Labute approximate surface area is 90.6 Å². The molecule has 0 aliphatic carbocycles. The molecule has 6 nitrogen and oxygen atoms in total. The standard InChI is InChI=1S/C10H7N3O3/c1-15-10-12-9(13-16-10)7-3-2-4-8(5-7)11-6-14/h2-5H,1H3. The van der Waals surface area contributed by atoms with Crippen molar-refractivity contribution in [3.8, 4) is 17.5 Å². The molecule has 0 saturated heterocycles. The summed E-state index contributed by atoms with van der Waals surface area (Å²) in [5.41, 5.74) is 1.17. The van der Waals surface area contributed by atoms with Crippen LogP contribution in [-0.2, 0) is 4.79 Å². The van der Waals surface area contributed by atoms with Gasteiger partial charge in [-0.05, 0) is 12.1 Å². The fourth-order valence-electron chi connectivity index (χ4n) is 1.18. The zero-order valence-electron chi connectivity index (χ0n) is 8.38. The van der Waals surface area contributed by atoms with Crippen molar-refractivity contribution in [2.24, 2.45) is 4.99 Å². The molecule has 0 spiro atoms. The molecule has 6 heteroatoms. The molecular formula is C10H7N3O3. The number of isocyanates is 1. The third kappa shape index (κ3) is 1.97. The van der Waals surface area contributed by atoms with Crippen LogP contribution in [0.25, 0.3) is 11.4 Å². The zero-order valence-corrected chi connectivity index (χ0v) is 8.38. The van der Waals surface area contributed by atoms with E-state index in [2.05, 4.69) is 15.1 Å². The first-order valence-electron chi connectivity index (χ1n) is 4.39. The van der Waals surface area contributed by atoms with E-state index in [-0.39, 0.29) is 6.08 Å². The van der Waals surface area contributed by atoms with E-state index < -0.39 is 0 Å². The molecule has 0 saturated carbocycles. The molecule has 0 aliphatic heterocycles. The van der Waals surface area contributed by atoms with Crippen LogP contribution in [-0.4, -0.2) is 23.3 Å². The number of carbonyl (C=O) groups excluding carboxylic acids is 1. The van der Waals surface area contributed by atoms with Gasteiger partial charge in [0.25, 0.3) is 0 Å². The fourth-order valence-corrected chi connectivity index (χ4v) is 1.18. The maximum Gasteiger partial charge on any atom is 0.417 e. The van der Waals surface area contributed by atoms with Gasteiger partial charge in [-0.25, -0.2) is 4.79 Å². The number of hydrogen-bond acceptors (Lipinski definition) is 6. The number of nitrogens with zero attached hydrogens (tertiary/aromatic N) is 3. The Kier molecular flexibility index (Phi) is 2.75. The van der Waals surface area contributed by atoms with Crippen molar-refractivity contribution in [1.82, 2.24) is 10.1 Å². The van der Waals surface area contributed by atoms with E-state index >= 15 is 0 Å². The van der Waals surface area contributed by atoms with E-state index in [4.69, 9.17) is 9.26 Å². The predicted octanol–water partition coefficient (Wildman–Crippen LogP) is 1.71. The van der Waals surface area contributed by atoms with E-state index in [9.17, 15) is 4.79 Å². The minimum absolute atomic E-state index is 0.0827. The summed E-state index contributed by atoms with van der Waals surface area (Å²) in [7, 11) is 1.43. The van der Waals surface area contributed by atoms with E-state index in [1.807, 2.05) is 0 Å². The van der Waals surface area contributed by atoms with Gasteiger partial charge >= 0.3 is 6.08 Å². The predicted molar refractivity (Wildman–Crippen MR) is 54.1 cm³/mol. The van der Waals surface area contributed by atoms with Crippen LogP contribution >= 0.6 is 0 Å². The SMILES string of the molecule is COc1nc(-c2cccc(N=C=O)c2)no1. The molecule has 0 radical (unpaired) electrons. The normalized spacial score (nSPS) is 9.56. The summed E-state index contributed by atoms with van der Waals surface area (Å²) < 4.78 is 9.54. The number of aromatic nitrogens is 2. The Morgan fingerprint density at radius 2 is 2.38 bits per heavy atom. The molecule has 0 unspecified atom stereocenters. The average Bonchev–Trinajstić information content (AvgIpc) is 2.78. The molecule has 0 atom stereocenters. The molecule has 0 aliphatic rings. The fraction of sp³-hybridized carbons (Fsp3) is 0.100. The number of methoxy groups -OCH3 is 1. The zero-order chi connectivity index (χ0) is 11.4. The van der Waals surface area contributed by atoms with Gasteiger partial charge in [0.05, 0.1) is 12.8 Å². The minimum atomic E-state index is 0.0827. The van der Waals surface area contributed by atoms with Gasteiger partial charge in [0, 0.05) is 5.56 Å². The lowest BCUT2D eigenvalue weighted by molar-refractivity contribution is 0.250. The molecule has 0 bridgehead atoms. The third-order valence-corrected chi connectivity index (χ3v) is 1.86. The molecule has 0 N–H and O–H groups in total. The van der Waals surface area contributed by atoms with E-state index in [1.54, 1.807) is 24.3 Å². The van der Waals surface area contributed by atoms with E-state index in [1.165, 1.54) is 13.2 Å². The van der Waals surface area contributed by atoms with Crippen LogP contribution in [0.15, 0.2) is 33.8 Å². The van der Waals surface area contributed by atoms with Crippen LogP contribution in [0, 0.1) is 0 Å². The topological polar surface area (TPSA) is 77.6 Å². The first-order chi connectivity index (χ1) is 7.83. The van der Waals surface area contributed by atoms with Crippen molar-refractivity contribution in [3.63, 3.8) is 0 Å². The summed E-state index contributed by atoms with van der Waals surface area (Å²) in [4.78, 5) is 17.6. The lowest BCUT2D eigenvalue weighted by Crippen LogP contribution is -1.82. The van der Waals surface area contributed by atoms with Crippen LogP contribution in [0.2, 0.25) is 0 Å². The smallest absolute Gasteiger partial charge is 0.417 e. The Bertz CT molecular complexity index is 544. The number of benzene rings is 1. The largest absolute Gasteiger partial charge is 0.452 e. The second-order valence-electron chi connectivity index (χ2n) is 2.84. The summed E-state index contributed by atoms with van der Waals surface area (Å²) in [6.07, 6.45) is 1.55. The second kappa shape index (κ2) is 4.37. The van der Waals surface area contributed by atoms with Crippen molar-refractivity contribution >= 4 is 11.8 Å². The highest BCUT2D eigenvalue weighted by Gasteiger charge is 2.08. The first-order valence-corrected chi connectivity index (χ1v) is 4.39. The summed E-state index contributed by atoms with van der Waals surface area (Å²) in [6.45, 7) is 0. The van der Waals surface area contributed by atoms with Crippen LogP contribution in [0.4, 0.5) is 5.69 Å². The van der Waals surface area contributed by atoms with Crippen molar-refractivity contribution in [1.29, 1.82) is 0 Å². The summed E-state index contributed by atoms with van der Waals surface area (Å²) >= 11 is 0. The maximum absolute atomic E-state index is 10.1. The Morgan fingerprint density at radius 3 is 3.06 bits per heavy atom. The maximum atomic E-state index is 10.1. The lowest BCUT2D eigenvalue weighted by atomic mass is 10.2. The molecule has 0 amide bonds. The van der Waals surface area contributed by atoms with Gasteiger partial charge in [0.15, 0.2) is 0 Å². The molecule has 80 valence electrons. The number of ether oxygens (including phenoxy) is 1. The van der Waals surface area contributed by atoms with Crippen molar-refractivity contribution in [2.45, 2.75) is 0 Å². The van der Waals surface area contributed by atoms with Crippen LogP contribution in [0.5, 0.6) is 6.08 Å². The molecular weight excluding hydrogens is 210 g/mol. The van der Waals surface area contributed by atoms with Gasteiger partial charge in [-0.1, -0.05) is 17.3 Å². The van der Waals surface area contributed by atoms with E-state index in [0.29, 0.717) is 17.1 Å². The van der Waals surface area contributed by atoms with Gasteiger partial charge < -0.3 is 4.74 Å². The molecule has 1 heterocycles. The lowest BCUT2D eigenvalue weighted by Gasteiger charge is -1.94. The van der Waals surface area contributed by atoms with Crippen LogP contribution in [0.1, 0.15) is 0 Å². The van der Waals surface area contributed by atoms with Crippen molar-refractivity contribution in [3.05, 3.63) is 24.3 Å². The third-order valence-electron chi connectivity index (χ3n) is 1.86. The first kappa shape index (κ1) is 10.1. The monoisotopic (exact) mass is 217 g/mol. The van der Waals surface area contributed by atoms with Crippen molar-refractivity contribution in [2.75, 3.05) is 7.11 Å². The Hall–Kier alpha value is -2.46. The van der Waals surface area contributed by atoms with Gasteiger partial charge in [-0.3, -0.25) is 4.52 Å². The molecule has 16 heavy (non-hydrogen) atoms. The Balaban J connectivity index is 2.39. The molecule has 1 aromatic heterocycles. The quantitative estimate of drug-likeness (QED) is 0.577. The number of hydrogen-bond donors (Lipinski definition) is 0. The molecule has 2 rings (SSSR count). The highest BCUT2D eigenvalue weighted by Crippen LogP contribution is 2.22. The number of aliphatic imine (C=N–C) groups is 1. The minimum Gasteiger partial charge on any atom is -0.452 e. The average molecular weight is 217 g/mol. The Morgan fingerprint density at radius 1 is 1.50 bits per heavy atom. The molecule has 2 aromatic rings. The van der Waals surface area contributed by atoms with E-state index in [0.717, 1.165) is 0 Å². The summed E-state index contributed by atoms with van der Waals surface area (Å²) in [5.74, 6) is 0.375. The molecule has 1 aromatic carbocycles. The summed E-state index contributed by atoms with van der Waals surface area (Å²) in [5, 5.41) is 3.71.